The molecular weight excluding hydrogens is 432 g/mol. The Morgan fingerprint density at radius 1 is 0.812 bits per heavy atom. The molecule has 0 aliphatic heterocycles. The molecule has 0 fully saturated rings. The molecule has 0 bridgehead atoms. The molecule has 0 saturated heterocycles. The second-order valence-electron chi connectivity index (χ2n) is 7.82. The first-order valence-electron chi connectivity index (χ1n) is 10.9. The summed E-state index contributed by atoms with van der Waals surface area (Å²) in [4.78, 5) is 0. The van der Waals surface area contributed by atoms with E-state index in [1.807, 2.05) is 12.1 Å². The lowest BCUT2D eigenvalue weighted by Gasteiger charge is -2.18. The minimum atomic E-state index is -4.41. The lowest BCUT2D eigenvalue weighted by atomic mass is 9.88. The van der Waals surface area contributed by atoms with Gasteiger partial charge in [0.05, 0.1) is 33.0 Å². The minimum Gasteiger partial charge on any atom is -0.491 e. The van der Waals surface area contributed by atoms with Crippen molar-refractivity contribution in [3.05, 3.63) is 65.7 Å². The van der Waals surface area contributed by atoms with Crippen LogP contribution in [0.3, 0.4) is 0 Å². The molecule has 32 heavy (non-hydrogen) atoms. The normalized spacial score (nSPS) is 13.6. The molecule has 8 heteroatoms. The molecule has 2 aromatic rings. The molecule has 2 aromatic carbocycles. The Bertz CT molecular complexity index is 854. The van der Waals surface area contributed by atoms with Gasteiger partial charge in [0.25, 0.3) is 0 Å². The van der Waals surface area contributed by atoms with Crippen LogP contribution in [-0.4, -0.2) is 52.6 Å². The van der Waals surface area contributed by atoms with E-state index >= 15 is 0 Å². The van der Waals surface area contributed by atoms with Crippen LogP contribution in [0.25, 0.3) is 0 Å². The van der Waals surface area contributed by atoms with E-state index < -0.39 is 10.4 Å². The zero-order chi connectivity index (χ0) is 23.2. The Morgan fingerprint density at radius 3 is 2.03 bits per heavy atom. The number of ether oxygens (including phenoxy) is 3. The molecule has 1 N–H and O–H groups in total. The van der Waals surface area contributed by atoms with E-state index in [0.717, 1.165) is 18.6 Å². The Hall–Kier alpha value is -1.97. The van der Waals surface area contributed by atoms with Gasteiger partial charge in [0.1, 0.15) is 12.4 Å². The molecule has 0 spiro atoms. The van der Waals surface area contributed by atoms with Gasteiger partial charge >= 0.3 is 10.4 Å². The van der Waals surface area contributed by atoms with E-state index in [0.29, 0.717) is 38.3 Å². The zero-order valence-electron chi connectivity index (χ0n) is 18.8. The van der Waals surface area contributed by atoms with Crippen molar-refractivity contribution in [2.24, 2.45) is 5.92 Å². The van der Waals surface area contributed by atoms with Gasteiger partial charge in [-0.2, -0.15) is 8.42 Å². The van der Waals surface area contributed by atoms with Crippen molar-refractivity contribution < 1.29 is 31.4 Å². The predicted molar refractivity (Wildman–Crippen MR) is 123 cm³/mol. The zero-order valence-corrected chi connectivity index (χ0v) is 19.6. The molecular formula is C24H34O7S. The van der Waals surface area contributed by atoms with Crippen molar-refractivity contribution in [1.82, 2.24) is 0 Å². The van der Waals surface area contributed by atoms with E-state index in [4.69, 9.17) is 18.8 Å². The van der Waals surface area contributed by atoms with Gasteiger partial charge in [-0.3, -0.25) is 4.55 Å². The molecule has 2 unspecified atom stereocenters. The molecule has 7 nitrogen and oxygen atoms in total. The van der Waals surface area contributed by atoms with Crippen LogP contribution in [0.1, 0.15) is 37.3 Å². The van der Waals surface area contributed by atoms with Crippen LogP contribution in [0.4, 0.5) is 0 Å². The fourth-order valence-corrected chi connectivity index (χ4v) is 3.75. The number of hydrogen-bond donors (Lipinski definition) is 1. The smallest absolute Gasteiger partial charge is 0.397 e. The summed E-state index contributed by atoms with van der Waals surface area (Å²) in [5.41, 5.74) is 2.69. The van der Waals surface area contributed by atoms with E-state index in [9.17, 15) is 8.42 Å². The summed E-state index contributed by atoms with van der Waals surface area (Å²) < 4.78 is 49.5. The summed E-state index contributed by atoms with van der Waals surface area (Å²) in [7, 11) is -4.41. The third-order valence-corrected chi connectivity index (χ3v) is 5.42. The van der Waals surface area contributed by atoms with Gasteiger partial charge in [-0.05, 0) is 47.9 Å². The molecule has 0 radical (unpaired) electrons. The summed E-state index contributed by atoms with van der Waals surface area (Å²) in [6.07, 6.45) is 2.22. The monoisotopic (exact) mass is 466 g/mol. The van der Waals surface area contributed by atoms with E-state index in [2.05, 4.69) is 60.5 Å². The average molecular weight is 467 g/mol. The van der Waals surface area contributed by atoms with Gasteiger partial charge in [0.2, 0.25) is 0 Å². The van der Waals surface area contributed by atoms with Crippen LogP contribution in [0.5, 0.6) is 5.75 Å². The van der Waals surface area contributed by atoms with E-state index in [-0.39, 0.29) is 13.2 Å². The van der Waals surface area contributed by atoms with Crippen molar-refractivity contribution >= 4 is 10.4 Å². The highest BCUT2D eigenvalue weighted by molar-refractivity contribution is 7.80. The van der Waals surface area contributed by atoms with Crippen molar-refractivity contribution in [1.29, 1.82) is 0 Å². The first kappa shape index (κ1) is 26.3. The highest BCUT2D eigenvalue weighted by atomic mass is 32.3. The van der Waals surface area contributed by atoms with Gasteiger partial charge in [-0.25, -0.2) is 4.18 Å². The minimum absolute atomic E-state index is 0.0510. The predicted octanol–water partition coefficient (Wildman–Crippen LogP) is 4.29. The summed E-state index contributed by atoms with van der Waals surface area (Å²) in [5, 5.41) is 0. The highest BCUT2D eigenvalue weighted by Gasteiger charge is 2.12. The fraction of sp³-hybridized carbons (Fsp3) is 0.500. The second kappa shape index (κ2) is 14.2. The Labute approximate surface area is 191 Å². The van der Waals surface area contributed by atoms with Gasteiger partial charge in [-0.15, -0.1) is 0 Å². The molecule has 0 saturated carbocycles. The van der Waals surface area contributed by atoms with Crippen molar-refractivity contribution in [2.75, 3.05) is 39.6 Å². The van der Waals surface area contributed by atoms with Gasteiger partial charge in [-0.1, -0.05) is 56.3 Å². The maximum absolute atomic E-state index is 10.4. The Balaban J connectivity index is 1.56. The standard InChI is InChI=1S/C24H34O7S/c1-20(19-22-6-4-3-5-7-22)18-21(2)23-8-10-24(11-9-23)30-16-14-28-12-13-29-15-17-31-32(25,26)27/h3-11,20-21H,12-19H2,1-2H3,(H,25,26,27). The van der Waals surface area contributed by atoms with Crippen LogP contribution < -0.4 is 4.74 Å². The van der Waals surface area contributed by atoms with Gasteiger partial charge in [0, 0.05) is 0 Å². The first-order chi connectivity index (χ1) is 15.3. The number of benzene rings is 2. The maximum Gasteiger partial charge on any atom is 0.397 e. The lowest BCUT2D eigenvalue weighted by Crippen LogP contribution is -2.14. The summed E-state index contributed by atoms with van der Waals surface area (Å²) in [6.45, 7) is 5.88. The van der Waals surface area contributed by atoms with Gasteiger partial charge < -0.3 is 14.2 Å². The third-order valence-electron chi connectivity index (χ3n) is 4.96. The van der Waals surface area contributed by atoms with Crippen LogP contribution >= 0.6 is 0 Å². The summed E-state index contributed by atoms with van der Waals surface area (Å²) in [6, 6.07) is 18.8. The molecule has 178 valence electrons. The Morgan fingerprint density at radius 2 is 1.41 bits per heavy atom. The largest absolute Gasteiger partial charge is 0.491 e. The second-order valence-corrected chi connectivity index (χ2v) is 8.91. The van der Waals surface area contributed by atoms with E-state index in [1.165, 1.54) is 11.1 Å². The van der Waals surface area contributed by atoms with Gasteiger partial charge in [0.15, 0.2) is 0 Å². The molecule has 2 rings (SSSR count). The fourth-order valence-electron chi connectivity index (χ4n) is 3.47. The summed E-state index contributed by atoms with van der Waals surface area (Å²) in [5.74, 6) is 1.90. The topological polar surface area (TPSA) is 91.3 Å². The first-order valence-corrected chi connectivity index (χ1v) is 12.2. The maximum atomic E-state index is 10.4. The molecule has 0 heterocycles. The molecule has 0 amide bonds. The van der Waals surface area contributed by atoms with Crippen LogP contribution in [0.2, 0.25) is 0 Å². The Kier molecular flexibility index (Phi) is 11.7. The lowest BCUT2D eigenvalue weighted by molar-refractivity contribution is 0.0269. The highest BCUT2D eigenvalue weighted by Crippen LogP contribution is 2.26. The molecule has 0 aromatic heterocycles. The summed E-state index contributed by atoms with van der Waals surface area (Å²) >= 11 is 0. The van der Waals surface area contributed by atoms with Crippen molar-refractivity contribution in [3.63, 3.8) is 0 Å². The van der Waals surface area contributed by atoms with Crippen LogP contribution in [-0.2, 0) is 30.5 Å². The van der Waals surface area contributed by atoms with Crippen LogP contribution in [0.15, 0.2) is 54.6 Å². The molecule has 0 aliphatic carbocycles. The molecule has 0 aliphatic rings. The van der Waals surface area contributed by atoms with Crippen LogP contribution in [0, 0.1) is 5.92 Å². The van der Waals surface area contributed by atoms with Crippen molar-refractivity contribution in [2.45, 2.75) is 32.6 Å². The quantitative estimate of drug-likeness (QED) is 0.291. The number of rotatable bonds is 16. The SMILES string of the molecule is CC(Cc1ccccc1)CC(C)c1ccc(OCCOCCOCCOS(=O)(=O)O)cc1. The third kappa shape index (κ3) is 11.6. The molecule has 2 atom stereocenters. The average Bonchev–Trinajstić information content (AvgIpc) is 2.75. The number of hydrogen-bond acceptors (Lipinski definition) is 6. The van der Waals surface area contributed by atoms with E-state index in [1.54, 1.807) is 0 Å². The van der Waals surface area contributed by atoms with Crippen molar-refractivity contribution in [3.8, 4) is 5.75 Å².